The molecular formula is C13H21NO3S. The molecule has 0 amide bonds. The van der Waals surface area contributed by atoms with Crippen LogP contribution in [0.5, 0.6) is 0 Å². The SMILES string of the molecule is CCOC(C)(C)c1nc(CC(C)C)c(C(=O)O)s1. The molecule has 0 fully saturated rings. The summed E-state index contributed by atoms with van der Waals surface area (Å²) in [5.41, 5.74) is 0.143. The van der Waals surface area contributed by atoms with E-state index in [1.807, 2.05) is 20.8 Å². The molecule has 0 spiro atoms. The van der Waals surface area contributed by atoms with Gasteiger partial charge >= 0.3 is 5.97 Å². The Bertz CT molecular complexity index is 424. The van der Waals surface area contributed by atoms with Gasteiger partial charge in [0.1, 0.15) is 15.5 Å². The predicted octanol–water partition coefficient (Wildman–Crippen LogP) is 3.31. The second-order valence-electron chi connectivity index (χ2n) is 5.14. The number of rotatable bonds is 6. The molecule has 1 N–H and O–H groups in total. The smallest absolute Gasteiger partial charge is 0.347 e. The largest absolute Gasteiger partial charge is 0.477 e. The molecule has 18 heavy (non-hydrogen) atoms. The van der Waals surface area contributed by atoms with Crippen LogP contribution in [0.15, 0.2) is 0 Å². The van der Waals surface area contributed by atoms with Gasteiger partial charge in [-0.1, -0.05) is 13.8 Å². The molecule has 0 bridgehead atoms. The number of ether oxygens (including phenoxy) is 1. The molecule has 4 nitrogen and oxygen atoms in total. The third-order valence-corrected chi connectivity index (χ3v) is 3.90. The van der Waals surface area contributed by atoms with Gasteiger partial charge in [0.15, 0.2) is 0 Å². The van der Waals surface area contributed by atoms with Crippen molar-refractivity contribution in [3.05, 3.63) is 15.6 Å². The molecule has 0 saturated heterocycles. The minimum atomic E-state index is -0.901. The summed E-state index contributed by atoms with van der Waals surface area (Å²) in [7, 11) is 0. The highest BCUT2D eigenvalue weighted by Gasteiger charge is 2.28. The van der Waals surface area contributed by atoms with Crippen LogP contribution in [-0.4, -0.2) is 22.7 Å². The van der Waals surface area contributed by atoms with Gasteiger partial charge in [0.2, 0.25) is 0 Å². The normalized spacial score (nSPS) is 12.1. The van der Waals surface area contributed by atoms with Gasteiger partial charge in [-0.25, -0.2) is 9.78 Å². The van der Waals surface area contributed by atoms with Crippen LogP contribution in [0.25, 0.3) is 0 Å². The lowest BCUT2D eigenvalue weighted by molar-refractivity contribution is -0.0142. The monoisotopic (exact) mass is 271 g/mol. The number of hydrogen-bond acceptors (Lipinski definition) is 4. The first-order valence-electron chi connectivity index (χ1n) is 6.15. The van der Waals surface area contributed by atoms with E-state index in [0.717, 1.165) is 5.01 Å². The Morgan fingerprint density at radius 1 is 1.50 bits per heavy atom. The number of aromatic carboxylic acids is 1. The molecule has 5 heteroatoms. The van der Waals surface area contributed by atoms with Crippen molar-refractivity contribution in [3.63, 3.8) is 0 Å². The Labute approximate surface area is 112 Å². The fraction of sp³-hybridized carbons (Fsp3) is 0.692. The van der Waals surface area contributed by atoms with Gasteiger partial charge in [0, 0.05) is 6.61 Å². The highest BCUT2D eigenvalue weighted by Crippen LogP contribution is 2.31. The van der Waals surface area contributed by atoms with Crippen LogP contribution >= 0.6 is 11.3 Å². The highest BCUT2D eigenvalue weighted by molar-refractivity contribution is 7.13. The van der Waals surface area contributed by atoms with Crippen molar-refractivity contribution >= 4 is 17.3 Å². The summed E-state index contributed by atoms with van der Waals surface area (Å²) in [6.45, 7) is 10.4. The first-order chi connectivity index (χ1) is 8.27. The Morgan fingerprint density at radius 2 is 2.11 bits per heavy atom. The van der Waals surface area contributed by atoms with Crippen LogP contribution in [0.1, 0.15) is 55.0 Å². The van der Waals surface area contributed by atoms with Crippen molar-refractivity contribution in [2.45, 2.75) is 46.6 Å². The van der Waals surface area contributed by atoms with Crippen molar-refractivity contribution in [1.29, 1.82) is 0 Å². The van der Waals surface area contributed by atoms with E-state index in [1.54, 1.807) is 0 Å². The van der Waals surface area contributed by atoms with E-state index in [9.17, 15) is 9.90 Å². The fourth-order valence-electron chi connectivity index (χ4n) is 1.72. The van der Waals surface area contributed by atoms with Gasteiger partial charge in [0.25, 0.3) is 0 Å². The lowest BCUT2D eigenvalue weighted by atomic mass is 10.1. The zero-order valence-corrected chi connectivity index (χ0v) is 12.4. The number of thiazole rings is 1. The predicted molar refractivity (Wildman–Crippen MR) is 72.3 cm³/mol. The number of carbonyl (C=O) groups is 1. The van der Waals surface area contributed by atoms with E-state index < -0.39 is 11.6 Å². The summed E-state index contributed by atoms with van der Waals surface area (Å²) in [4.78, 5) is 16.0. The van der Waals surface area contributed by atoms with Gasteiger partial charge in [-0.05, 0) is 33.1 Å². The van der Waals surface area contributed by atoms with Crippen LogP contribution in [0.2, 0.25) is 0 Å². The van der Waals surface area contributed by atoms with Crippen LogP contribution in [0.4, 0.5) is 0 Å². The average Bonchev–Trinajstić information content (AvgIpc) is 2.61. The van der Waals surface area contributed by atoms with Crippen molar-refractivity contribution in [2.75, 3.05) is 6.61 Å². The molecule has 0 radical (unpaired) electrons. The summed E-state index contributed by atoms with van der Waals surface area (Å²) in [5, 5.41) is 9.95. The molecule has 0 saturated carbocycles. The van der Waals surface area contributed by atoms with Crippen LogP contribution in [0, 0.1) is 5.92 Å². The van der Waals surface area contributed by atoms with Gasteiger partial charge in [-0.3, -0.25) is 0 Å². The second kappa shape index (κ2) is 5.80. The third-order valence-electron chi connectivity index (χ3n) is 2.51. The Balaban J connectivity index is 3.13. The maximum absolute atomic E-state index is 11.2. The minimum absolute atomic E-state index is 0.339. The number of carboxylic acids is 1. The van der Waals surface area contributed by atoms with E-state index in [1.165, 1.54) is 11.3 Å². The van der Waals surface area contributed by atoms with Gasteiger partial charge in [0.05, 0.1) is 5.69 Å². The number of nitrogens with zero attached hydrogens (tertiary/aromatic N) is 1. The van der Waals surface area contributed by atoms with E-state index in [2.05, 4.69) is 18.8 Å². The van der Waals surface area contributed by atoms with Crippen LogP contribution < -0.4 is 0 Å². The van der Waals surface area contributed by atoms with Gasteiger partial charge < -0.3 is 9.84 Å². The lowest BCUT2D eigenvalue weighted by Gasteiger charge is -2.21. The highest BCUT2D eigenvalue weighted by atomic mass is 32.1. The molecule has 0 unspecified atom stereocenters. The quantitative estimate of drug-likeness (QED) is 0.862. The Morgan fingerprint density at radius 3 is 2.56 bits per heavy atom. The molecule has 0 aliphatic carbocycles. The van der Waals surface area contributed by atoms with E-state index in [-0.39, 0.29) is 0 Å². The molecule has 1 aromatic rings. The minimum Gasteiger partial charge on any atom is -0.477 e. The van der Waals surface area contributed by atoms with Crippen LogP contribution in [0.3, 0.4) is 0 Å². The van der Waals surface area contributed by atoms with Crippen molar-refractivity contribution in [1.82, 2.24) is 4.98 Å². The van der Waals surface area contributed by atoms with E-state index in [0.29, 0.717) is 29.5 Å². The summed E-state index contributed by atoms with van der Waals surface area (Å²) < 4.78 is 5.62. The molecule has 0 aromatic carbocycles. The second-order valence-corrected chi connectivity index (χ2v) is 6.14. The maximum Gasteiger partial charge on any atom is 0.347 e. The summed E-state index contributed by atoms with van der Waals surface area (Å²) in [6.07, 6.45) is 0.681. The third kappa shape index (κ3) is 3.53. The summed E-state index contributed by atoms with van der Waals surface area (Å²) >= 11 is 1.22. The molecular weight excluding hydrogens is 250 g/mol. The summed E-state index contributed by atoms with van der Waals surface area (Å²) in [5.74, 6) is -0.519. The molecule has 102 valence electrons. The topological polar surface area (TPSA) is 59.4 Å². The lowest BCUT2D eigenvalue weighted by Crippen LogP contribution is -2.21. The van der Waals surface area contributed by atoms with Gasteiger partial charge in [-0.2, -0.15) is 0 Å². The van der Waals surface area contributed by atoms with Crippen molar-refractivity contribution in [2.24, 2.45) is 5.92 Å². The van der Waals surface area contributed by atoms with Crippen molar-refractivity contribution in [3.8, 4) is 0 Å². The average molecular weight is 271 g/mol. The Hall–Kier alpha value is -0.940. The first kappa shape index (κ1) is 15.1. The fourth-order valence-corrected chi connectivity index (χ4v) is 2.71. The number of carboxylic acid groups (broad SMARTS) is 1. The molecule has 0 aliphatic rings. The number of hydrogen-bond donors (Lipinski definition) is 1. The molecule has 1 rings (SSSR count). The molecule has 1 aromatic heterocycles. The van der Waals surface area contributed by atoms with E-state index >= 15 is 0 Å². The zero-order chi connectivity index (χ0) is 13.9. The van der Waals surface area contributed by atoms with E-state index in [4.69, 9.17) is 4.74 Å². The van der Waals surface area contributed by atoms with Gasteiger partial charge in [-0.15, -0.1) is 11.3 Å². The zero-order valence-electron chi connectivity index (χ0n) is 11.6. The molecule has 0 atom stereocenters. The summed E-state index contributed by atoms with van der Waals surface area (Å²) in [6, 6.07) is 0. The Kier molecular flexibility index (Phi) is 4.87. The number of aromatic nitrogens is 1. The first-order valence-corrected chi connectivity index (χ1v) is 6.97. The molecule has 0 aliphatic heterocycles. The van der Waals surface area contributed by atoms with Crippen molar-refractivity contribution < 1.29 is 14.6 Å². The standard InChI is InChI=1S/C13H21NO3S/c1-6-17-13(4,5)12-14-9(7-8(2)3)10(18-12)11(15)16/h8H,6-7H2,1-5H3,(H,15,16). The van der Waals surface area contributed by atoms with Crippen LogP contribution in [-0.2, 0) is 16.8 Å². The molecule has 1 heterocycles. The maximum atomic E-state index is 11.2.